The molecule has 1 nitrogen and oxygen atoms in total. The van der Waals surface area contributed by atoms with Gasteiger partial charge in [-0.15, -0.1) is 0 Å². The summed E-state index contributed by atoms with van der Waals surface area (Å²) in [5.41, 5.74) is 2.58. The fourth-order valence-electron chi connectivity index (χ4n) is 2.10. The standard InChI is InChI=1S/C14H21BrO/c1-4-12(5-2)13-7-6-11(8-10(3)16)9-14(13)15/h6-7,9-10,12,16H,4-5,8H2,1-3H3. The van der Waals surface area contributed by atoms with E-state index in [2.05, 4.69) is 48.0 Å². The fraction of sp³-hybridized carbons (Fsp3) is 0.571. The number of rotatable bonds is 5. The first-order valence-electron chi connectivity index (χ1n) is 6.04. The smallest absolute Gasteiger partial charge is 0.0552 e. The summed E-state index contributed by atoms with van der Waals surface area (Å²) >= 11 is 3.64. The first kappa shape index (κ1) is 13.7. The van der Waals surface area contributed by atoms with Gasteiger partial charge in [-0.05, 0) is 49.3 Å². The van der Waals surface area contributed by atoms with Crippen molar-refractivity contribution in [3.63, 3.8) is 0 Å². The molecule has 0 heterocycles. The molecule has 1 aromatic carbocycles. The molecule has 0 radical (unpaired) electrons. The molecule has 16 heavy (non-hydrogen) atoms. The molecule has 1 rings (SSSR count). The van der Waals surface area contributed by atoms with Gasteiger partial charge in [-0.1, -0.05) is 41.9 Å². The van der Waals surface area contributed by atoms with Crippen LogP contribution in [0.5, 0.6) is 0 Å². The maximum Gasteiger partial charge on any atom is 0.0552 e. The third-order valence-corrected chi connectivity index (χ3v) is 3.71. The van der Waals surface area contributed by atoms with Crippen LogP contribution in [-0.4, -0.2) is 11.2 Å². The average Bonchev–Trinajstić information content (AvgIpc) is 2.21. The number of hydrogen-bond acceptors (Lipinski definition) is 1. The lowest BCUT2D eigenvalue weighted by molar-refractivity contribution is 0.195. The van der Waals surface area contributed by atoms with Crippen LogP contribution >= 0.6 is 15.9 Å². The molecule has 0 aliphatic heterocycles. The van der Waals surface area contributed by atoms with Crippen LogP contribution in [-0.2, 0) is 6.42 Å². The van der Waals surface area contributed by atoms with Crippen LogP contribution in [0.15, 0.2) is 22.7 Å². The van der Waals surface area contributed by atoms with Crippen LogP contribution in [0.2, 0.25) is 0 Å². The molecule has 0 bridgehead atoms. The van der Waals surface area contributed by atoms with Gasteiger partial charge in [-0.2, -0.15) is 0 Å². The molecular formula is C14H21BrO. The predicted molar refractivity (Wildman–Crippen MR) is 72.8 cm³/mol. The molecule has 1 aromatic rings. The third kappa shape index (κ3) is 3.60. The molecule has 1 N–H and O–H groups in total. The van der Waals surface area contributed by atoms with Gasteiger partial charge < -0.3 is 5.11 Å². The van der Waals surface area contributed by atoms with Crippen LogP contribution in [0.4, 0.5) is 0 Å². The fourth-order valence-corrected chi connectivity index (χ4v) is 2.85. The maximum absolute atomic E-state index is 9.35. The zero-order valence-corrected chi connectivity index (χ0v) is 11.9. The van der Waals surface area contributed by atoms with E-state index < -0.39 is 0 Å². The van der Waals surface area contributed by atoms with Gasteiger partial charge in [0.25, 0.3) is 0 Å². The van der Waals surface area contributed by atoms with E-state index in [0.717, 1.165) is 6.42 Å². The van der Waals surface area contributed by atoms with E-state index in [9.17, 15) is 5.11 Å². The molecule has 1 unspecified atom stereocenters. The molecule has 0 saturated heterocycles. The van der Waals surface area contributed by atoms with E-state index in [4.69, 9.17) is 0 Å². The van der Waals surface area contributed by atoms with Crippen molar-refractivity contribution in [3.05, 3.63) is 33.8 Å². The van der Waals surface area contributed by atoms with Crippen molar-refractivity contribution in [1.82, 2.24) is 0 Å². The van der Waals surface area contributed by atoms with Gasteiger partial charge in [0, 0.05) is 4.47 Å². The Kier molecular flexibility index (Phi) is 5.50. The lowest BCUT2D eigenvalue weighted by atomic mass is 9.93. The highest BCUT2D eigenvalue weighted by Gasteiger charge is 2.11. The first-order chi connectivity index (χ1) is 7.58. The molecule has 0 fully saturated rings. The second-order valence-electron chi connectivity index (χ2n) is 4.42. The lowest BCUT2D eigenvalue weighted by Crippen LogP contribution is -2.05. The van der Waals surface area contributed by atoms with E-state index in [-0.39, 0.29) is 6.10 Å². The van der Waals surface area contributed by atoms with Gasteiger partial charge in [-0.25, -0.2) is 0 Å². The highest BCUT2D eigenvalue weighted by molar-refractivity contribution is 9.10. The molecule has 90 valence electrons. The summed E-state index contributed by atoms with van der Waals surface area (Å²) in [5, 5.41) is 9.35. The van der Waals surface area contributed by atoms with E-state index in [1.165, 1.54) is 28.4 Å². The number of halogens is 1. The molecule has 0 aliphatic carbocycles. The summed E-state index contributed by atoms with van der Waals surface area (Å²) in [7, 11) is 0. The maximum atomic E-state index is 9.35. The second kappa shape index (κ2) is 6.41. The second-order valence-corrected chi connectivity index (χ2v) is 5.28. The zero-order chi connectivity index (χ0) is 12.1. The van der Waals surface area contributed by atoms with Gasteiger partial charge >= 0.3 is 0 Å². The van der Waals surface area contributed by atoms with Crippen LogP contribution in [0.1, 0.15) is 50.7 Å². The average molecular weight is 285 g/mol. The third-order valence-electron chi connectivity index (χ3n) is 3.02. The molecule has 0 aromatic heterocycles. The molecule has 0 spiro atoms. The number of benzene rings is 1. The molecule has 0 aliphatic rings. The highest BCUT2D eigenvalue weighted by Crippen LogP contribution is 2.30. The summed E-state index contributed by atoms with van der Waals surface area (Å²) in [6.07, 6.45) is 2.79. The monoisotopic (exact) mass is 284 g/mol. The number of aliphatic hydroxyl groups excluding tert-OH is 1. The van der Waals surface area contributed by atoms with Crippen LogP contribution < -0.4 is 0 Å². The van der Waals surface area contributed by atoms with Crippen molar-refractivity contribution >= 4 is 15.9 Å². The van der Waals surface area contributed by atoms with Crippen molar-refractivity contribution in [2.75, 3.05) is 0 Å². The Morgan fingerprint density at radius 3 is 2.31 bits per heavy atom. The van der Waals surface area contributed by atoms with E-state index in [1.54, 1.807) is 0 Å². The summed E-state index contributed by atoms with van der Waals surface area (Å²) in [6, 6.07) is 6.46. The quantitative estimate of drug-likeness (QED) is 0.856. The summed E-state index contributed by atoms with van der Waals surface area (Å²) in [6.45, 7) is 6.28. The van der Waals surface area contributed by atoms with Crippen molar-refractivity contribution in [2.45, 2.75) is 52.1 Å². The summed E-state index contributed by atoms with van der Waals surface area (Å²) in [5.74, 6) is 0.634. The van der Waals surface area contributed by atoms with Crippen LogP contribution in [0, 0.1) is 0 Å². The Hall–Kier alpha value is -0.340. The molecule has 0 saturated carbocycles. The van der Waals surface area contributed by atoms with Gasteiger partial charge in [0.05, 0.1) is 6.10 Å². The lowest BCUT2D eigenvalue weighted by Gasteiger charge is -2.16. The first-order valence-corrected chi connectivity index (χ1v) is 6.84. The minimum Gasteiger partial charge on any atom is -0.393 e. The highest BCUT2D eigenvalue weighted by atomic mass is 79.9. The molecular weight excluding hydrogens is 264 g/mol. The van der Waals surface area contributed by atoms with E-state index in [1.807, 2.05) is 6.92 Å². The Morgan fingerprint density at radius 2 is 1.88 bits per heavy atom. The van der Waals surface area contributed by atoms with E-state index >= 15 is 0 Å². The molecule has 0 amide bonds. The summed E-state index contributed by atoms with van der Waals surface area (Å²) < 4.78 is 1.18. The van der Waals surface area contributed by atoms with Gasteiger partial charge in [0.1, 0.15) is 0 Å². The topological polar surface area (TPSA) is 20.2 Å². The Morgan fingerprint density at radius 1 is 1.25 bits per heavy atom. The van der Waals surface area contributed by atoms with Crippen molar-refractivity contribution in [3.8, 4) is 0 Å². The van der Waals surface area contributed by atoms with Gasteiger partial charge in [-0.3, -0.25) is 0 Å². The van der Waals surface area contributed by atoms with Gasteiger partial charge in [0.15, 0.2) is 0 Å². The zero-order valence-electron chi connectivity index (χ0n) is 10.3. The van der Waals surface area contributed by atoms with Crippen LogP contribution in [0.25, 0.3) is 0 Å². The Bertz CT molecular complexity index is 330. The van der Waals surface area contributed by atoms with Gasteiger partial charge in [0.2, 0.25) is 0 Å². The van der Waals surface area contributed by atoms with Crippen molar-refractivity contribution in [1.29, 1.82) is 0 Å². The van der Waals surface area contributed by atoms with E-state index in [0.29, 0.717) is 5.92 Å². The largest absolute Gasteiger partial charge is 0.393 e. The molecule has 2 heteroatoms. The normalized spacial score (nSPS) is 13.1. The minimum atomic E-state index is -0.272. The SMILES string of the molecule is CCC(CC)c1ccc(CC(C)O)cc1Br. The van der Waals surface area contributed by atoms with Crippen molar-refractivity contribution in [2.24, 2.45) is 0 Å². The van der Waals surface area contributed by atoms with Crippen LogP contribution in [0.3, 0.4) is 0 Å². The Balaban J connectivity index is 2.90. The van der Waals surface area contributed by atoms with Crippen molar-refractivity contribution < 1.29 is 5.11 Å². The Labute approximate surface area is 107 Å². The minimum absolute atomic E-state index is 0.272. The summed E-state index contributed by atoms with van der Waals surface area (Å²) in [4.78, 5) is 0. The molecule has 1 atom stereocenters. The predicted octanol–water partition coefficient (Wildman–Crippen LogP) is 4.28. The number of aliphatic hydroxyl groups is 1. The number of hydrogen-bond donors (Lipinski definition) is 1.